The third-order valence-electron chi connectivity index (χ3n) is 6.30. The van der Waals surface area contributed by atoms with Gasteiger partial charge in [0.05, 0.1) is 38.0 Å². The number of fused-ring (bicyclic) bond motifs is 1. The van der Waals surface area contributed by atoms with Crippen LogP contribution in [0, 0.1) is 0 Å². The van der Waals surface area contributed by atoms with Gasteiger partial charge < -0.3 is 24.0 Å². The molecule has 1 amide bonds. The third-order valence-corrected chi connectivity index (χ3v) is 7.19. The number of hydrogen-bond donors (Lipinski definition) is 0. The Balaban J connectivity index is 1.69. The van der Waals surface area contributed by atoms with E-state index in [4.69, 9.17) is 19.2 Å². The fourth-order valence-corrected chi connectivity index (χ4v) is 5.38. The summed E-state index contributed by atoms with van der Waals surface area (Å²) in [7, 11) is 4.92. The average Bonchev–Trinajstić information content (AvgIpc) is 3.32. The Kier molecular flexibility index (Phi) is 8.58. The zero-order valence-corrected chi connectivity index (χ0v) is 22.8. The molecule has 0 bridgehead atoms. The molecule has 2 aromatic carbocycles. The van der Waals surface area contributed by atoms with Crippen molar-refractivity contribution in [1.29, 1.82) is 0 Å². The molecule has 2 heterocycles. The molecule has 4 rings (SSSR count). The van der Waals surface area contributed by atoms with Crippen LogP contribution in [0.4, 0.5) is 0 Å². The molecule has 0 unspecified atom stereocenters. The fourth-order valence-electron chi connectivity index (χ4n) is 4.42. The predicted octanol–water partition coefficient (Wildman–Crippen LogP) is 5.06. The highest BCUT2D eigenvalue weighted by molar-refractivity contribution is 8.16. The van der Waals surface area contributed by atoms with Crippen molar-refractivity contribution in [2.75, 3.05) is 27.9 Å². The molecule has 0 N–H and O–H groups in total. The molecule has 0 fully saturated rings. The summed E-state index contributed by atoms with van der Waals surface area (Å²) in [5, 5.41) is 2.61. The topological polar surface area (TPSA) is 80.7 Å². The normalized spacial score (nSPS) is 16.3. The Morgan fingerprint density at radius 2 is 1.87 bits per heavy atom. The summed E-state index contributed by atoms with van der Waals surface area (Å²) in [6.07, 6.45) is 1.67. The van der Waals surface area contributed by atoms with Crippen molar-refractivity contribution in [3.05, 3.63) is 94.7 Å². The Morgan fingerprint density at radius 3 is 2.55 bits per heavy atom. The van der Waals surface area contributed by atoms with Crippen LogP contribution in [0.5, 0.6) is 11.5 Å². The Labute approximate surface area is 227 Å². The number of aliphatic imine (C=N–C) groups is 1. The Morgan fingerprint density at radius 1 is 1.13 bits per heavy atom. The van der Waals surface area contributed by atoms with Crippen LogP contribution in [0.2, 0.25) is 0 Å². The average molecular weight is 534 g/mol. The lowest BCUT2D eigenvalue weighted by molar-refractivity contribution is -0.138. The van der Waals surface area contributed by atoms with Crippen LogP contribution >= 0.6 is 11.8 Å². The van der Waals surface area contributed by atoms with E-state index in [2.05, 4.69) is 6.58 Å². The SMILES string of the molecule is C=CCOC(=O)C1=C(C)N=C2SC=C(CC(=O)N(C)Cc3ccccc3)N2[C@@H]1c1ccc(OC)c(OC)c1. The number of rotatable bonds is 10. The van der Waals surface area contributed by atoms with Crippen LogP contribution in [0.3, 0.4) is 0 Å². The number of ether oxygens (including phenoxy) is 3. The molecular weight excluding hydrogens is 502 g/mol. The van der Waals surface area contributed by atoms with Gasteiger partial charge in [-0.3, -0.25) is 4.79 Å². The number of carbonyl (C=O) groups excluding carboxylic acids is 2. The summed E-state index contributed by atoms with van der Waals surface area (Å²) >= 11 is 1.43. The maximum absolute atomic E-state index is 13.3. The summed E-state index contributed by atoms with van der Waals surface area (Å²) < 4.78 is 16.4. The van der Waals surface area contributed by atoms with Gasteiger partial charge in [-0.25, -0.2) is 9.79 Å². The molecule has 2 aromatic rings. The summed E-state index contributed by atoms with van der Waals surface area (Å²) in [6.45, 7) is 6.01. The molecule has 9 heteroatoms. The number of esters is 1. The van der Waals surface area contributed by atoms with Crippen LogP contribution in [0.25, 0.3) is 0 Å². The van der Waals surface area contributed by atoms with E-state index in [1.807, 2.05) is 52.8 Å². The number of hydrogen-bond acceptors (Lipinski definition) is 8. The first-order chi connectivity index (χ1) is 18.4. The third kappa shape index (κ3) is 5.62. The van der Waals surface area contributed by atoms with Crippen LogP contribution in [-0.2, 0) is 20.9 Å². The van der Waals surface area contributed by atoms with Gasteiger partial charge in [-0.2, -0.15) is 0 Å². The Hall–Kier alpha value is -3.98. The standard InChI is InChI=1S/C29H31N3O5S/c1-6-14-37-28(34)26-19(2)30-29-32(27(26)21-12-13-23(35-4)24(15-21)36-5)22(18-38-29)16-25(33)31(3)17-20-10-8-7-9-11-20/h6-13,15,18,27H,1,14,16-17H2,2-5H3/t27-/m1/s1. The van der Waals surface area contributed by atoms with Crippen molar-refractivity contribution in [1.82, 2.24) is 9.80 Å². The minimum absolute atomic E-state index is 0.0462. The highest BCUT2D eigenvalue weighted by Gasteiger charge is 2.41. The number of nitrogens with zero attached hydrogens (tertiary/aromatic N) is 3. The van der Waals surface area contributed by atoms with Gasteiger partial charge in [0.25, 0.3) is 0 Å². The molecule has 38 heavy (non-hydrogen) atoms. The zero-order chi connectivity index (χ0) is 27.2. The minimum atomic E-state index is -0.576. The maximum Gasteiger partial charge on any atom is 0.338 e. The van der Waals surface area contributed by atoms with Crippen molar-refractivity contribution in [3.63, 3.8) is 0 Å². The predicted molar refractivity (Wildman–Crippen MR) is 149 cm³/mol. The summed E-state index contributed by atoms with van der Waals surface area (Å²) in [5.41, 5.74) is 3.52. The Bertz CT molecular complexity index is 1320. The van der Waals surface area contributed by atoms with Gasteiger partial charge in [0.2, 0.25) is 5.91 Å². The number of methoxy groups -OCH3 is 2. The fraction of sp³-hybridized carbons (Fsp3) is 0.276. The number of benzene rings is 2. The first kappa shape index (κ1) is 27.1. The van der Waals surface area contributed by atoms with Gasteiger partial charge in [-0.15, -0.1) is 0 Å². The van der Waals surface area contributed by atoms with Crippen molar-refractivity contribution >= 4 is 28.8 Å². The monoisotopic (exact) mass is 533 g/mol. The summed E-state index contributed by atoms with van der Waals surface area (Å²) in [5.74, 6) is 0.562. The van der Waals surface area contributed by atoms with Crippen LogP contribution in [0.15, 0.2) is 88.6 Å². The lowest BCUT2D eigenvalue weighted by Crippen LogP contribution is -2.38. The molecule has 0 spiro atoms. The second-order valence-electron chi connectivity index (χ2n) is 8.81. The second kappa shape index (κ2) is 12.0. The molecule has 0 aliphatic carbocycles. The van der Waals surface area contributed by atoms with Gasteiger partial charge in [0.15, 0.2) is 16.7 Å². The quantitative estimate of drug-likeness (QED) is 0.312. The number of allylic oxidation sites excluding steroid dienone is 1. The minimum Gasteiger partial charge on any atom is -0.493 e. The van der Waals surface area contributed by atoms with Gasteiger partial charge in [0, 0.05) is 19.3 Å². The van der Waals surface area contributed by atoms with Gasteiger partial charge >= 0.3 is 5.97 Å². The molecule has 2 aliphatic rings. The van der Waals surface area contributed by atoms with E-state index < -0.39 is 12.0 Å². The van der Waals surface area contributed by atoms with E-state index in [9.17, 15) is 9.59 Å². The molecule has 0 aromatic heterocycles. The maximum atomic E-state index is 13.3. The van der Waals surface area contributed by atoms with E-state index in [-0.39, 0.29) is 18.9 Å². The van der Waals surface area contributed by atoms with Gasteiger partial charge in [-0.05, 0) is 35.6 Å². The molecule has 1 atom stereocenters. The number of amidine groups is 1. The van der Waals surface area contributed by atoms with Crippen LogP contribution in [0.1, 0.15) is 30.5 Å². The summed E-state index contributed by atoms with van der Waals surface area (Å²) in [4.78, 5) is 34.9. The molecule has 8 nitrogen and oxygen atoms in total. The van der Waals surface area contributed by atoms with Crippen molar-refractivity contribution < 1.29 is 23.8 Å². The molecule has 198 valence electrons. The highest BCUT2D eigenvalue weighted by atomic mass is 32.2. The number of amides is 1. The molecule has 0 saturated carbocycles. The van der Waals surface area contributed by atoms with E-state index in [0.717, 1.165) is 16.8 Å². The highest BCUT2D eigenvalue weighted by Crippen LogP contribution is 2.46. The lowest BCUT2D eigenvalue weighted by Gasteiger charge is -2.36. The largest absolute Gasteiger partial charge is 0.493 e. The number of carbonyl (C=O) groups is 2. The van der Waals surface area contributed by atoms with Crippen molar-refractivity contribution in [3.8, 4) is 11.5 Å². The van der Waals surface area contributed by atoms with Crippen molar-refractivity contribution in [2.24, 2.45) is 4.99 Å². The zero-order valence-electron chi connectivity index (χ0n) is 22.0. The van der Waals surface area contributed by atoms with E-state index in [1.54, 1.807) is 39.2 Å². The number of thioether (sulfide) groups is 1. The van der Waals surface area contributed by atoms with Gasteiger partial charge in [-0.1, -0.05) is 60.8 Å². The van der Waals surface area contributed by atoms with Crippen LogP contribution < -0.4 is 9.47 Å². The van der Waals surface area contributed by atoms with Gasteiger partial charge in [0.1, 0.15) is 6.61 Å². The van der Waals surface area contributed by atoms with E-state index in [0.29, 0.717) is 34.5 Å². The summed E-state index contributed by atoms with van der Waals surface area (Å²) in [6, 6.07) is 14.8. The molecule has 0 radical (unpaired) electrons. The lowest BCUT2D eigenvalue weighted by atomic mass is 9.93. The first-order valence-corrected chi connectivity index (χ1v) is 13.0. The smallest absolute Gasteiger partial charge is 0.338 e. The second-order valence-corrected chi connectivity index (χ2v) is 9.64. The van der Waals surface area contributed by atoms with Crippen molar-refractivity contribution in [2.45, 2.75) is 25.9 Å². The van der Waals surface area contributed by atoms with E-state index in [1.165, 1.54) is 17.8 Å². The van der Waals surface area contributed by atoms with E-state index >= 15 is 0 Å². The molecule has 0 saturated heterocycles. The molecular formula is C29H31N3O5S. The van der Waals surface area contributed by atoms with Crippen LogP contribution in [-0.4, -0.2) is 54.7 Å². The first-order valence-electron chi connectivity index (χ1n) is 12.1. The molecule has 2 aliphatic heterocycles.